The van der Waals surface area contributed by atoms with Crippen LogP contribution in [0.2, 0.25) is 8.95 Å². The smallest absolute Gasteiger partial charge is 1.00 e. The topological polar surface area (TPSA) is 29.1 Å². The fourth-order valence-electron chi connectivity index (χ4n) is 2.82. The third-order valence-electron chi connectivity index (χ3n) is 4.00. The van der Waals surface area contributed by atoms with E-state index < -0.39 is 0 Å². The molecule has 0 spiro atoms. The van der Waals surface area contributed by atoms with Crippen molar-refractivity contribution in [1.82, 2.24) is 5.32 Å². The van der Waals surface area contributed by atoms with Crippen molar-refractivity contribution in [2.75, 3.05) is 0 Å². The van der Waals surface area contributed by atoms with Gasteiger partial charge in [0.15, 0.2) is 0 Å². The van der Waals surface area contributed by atoms with Crippen molar-refractivity contribution in [1.29, 1.82) is 0 Å². The number of amides is 1. The standard InChI is InChI=1S/C13H19NO.2ClH.Ti/c1-7-12-9(3)8(2)10(4)13(12,6)14-11(5)15;;;/h7H,1H2,2-6H3,(H,14,15);2*1H;/q;;;+2/p-2. The van der Waals surface area contributed by atoms with E-state index in [0.29, 0.717) is 0 Å². The van der Waals surface area contributed by atoms with E-state index in [1.165, 1.54) is 27.0 Å². The molecule has 1 saturated heterocycles. The number of hydrogen-bond donors (Lipinski definition) is 1. The second-order valence-corrected chi connectivity index (χ2v) is 7.42. The maximum absolute atomic E-state index is 11.4. The first-order valence-electron chi connectivity index (χ1n) is 5.79. The van der Waals surface area contributed by atoms with E-state index in [1.807, 2.05) is 0 Å². The molecule has 5 heteroatoms. The van der Waals surface area contributed by atoms with Gasteiger partial charge in [-0.05, 0) is 0 Å². The normalized spacial score (nSPS) is 28.8. The summed E-state index contributed by atoms with van der Waals surface area (Å²) >= 11 is 0.250. The van der Waals surface area contributed by atoms with Gasteiger partial charge in [0, 0.05) is 0 Å². The minimum Gasteiger partial charge on any atom is -1.00 e. The van der Waals surface area contributed by atoms with Crippen LogP contribution in [0.1, 0.15) is 34.6 Å². The molecule has 1 aliphatic carbocycles. The van der Waals surface area contributed by atoms with Crippen LogP contribution in [0.3, 0.4) is 0 Å². The maximum atomic E-state index is 11.4. The summed E-state index contributed by atoms with van der Waals surface area (Å²) < 4.78 is 2.23. The fourth-order valence-corrected chi connectivity index (χ4v) is 4.43. The minimum absolute atomic E-state index is 0. The SMILES string of the molecule is CC(=O)NC1(C)C(C)=C(C)C(C)=C1[CH]1[CH2][Ti+2]1.[Cl-].[Cl-]. The van der Waals surface area contributed by atoms with E-state index in [0.717, 1.165) is 4.22 Å². The van der Waals surface area contributed by atoms with Crippen LogP contribution in [0.15, 0.2) is 22.3 Å². The van der Waals surface area contributed by atoms with E-state index in [4.69, 9.17) is 0 Å². The summed E-state index contributed by atoms with van der Waals surface area (Å²) in [6.45, 7) is 10.3. The van der Waals surface area contributed by atoms with E-state index >= 15 is 0 Å². The van der Waals surface area contributed by atoms with Crippen LogP contribution < -0.4 is 30.1 Å². The number of nitrogens with one attached hydrogen (secondary N) is 1. The summed E-state index contributed by atoms with van der Waals surface area (Å²) in [6, 6.07) is 0. The number of halogens is 2. The Bertz CT molecular complexity index is 427. The second-order valence-electron chi connectivity index (χ2n) is 5.06. The Morgan fingerprint density at radius 2 is 1.78 bits per heavy atom. The van der Waals surface area contributed by atoms with E-state index in [9.17, 15) is 4.79 Å². The molecule has 1 heterocycles. The molecule has 18 heavy (non-hydrogen) atoms. The zero-order valence-electron chi connectivity index (χ0n) is 11.4. The van der Waals surface area contributed by atoms with Gasteiger partial charge in [-0.25, -0.2) is 0 Å². The van der Waals surface area contributed by atoms with E-state index in [1.54, 1.807) is 6.92 Å². The Kier molecular flexibility index (Phi) is 6.21. The molecule has 2 rings (SSSR count). The first kappa shape index (κ1) is 18.2. The molecular formula is C13H19Cl2NOTi. The number of allylic oxidation sites excluding steroid dienone is 2. The molecule has 2 aliphatic rings. The molecule has 0 aromatic carbocycles. The molecular weight excluding hydrogens is 305 g/mol. The zero-order valence-corrected chi connectivity index (χ0v) is 14.5. The van der Waals surface area contributed by atoms with Gasteiger partial charge in [-0.1, -0.05) is 0 Å². The maximum Gasteiger partial charge on any atom is -1.00 e. The summed E-state index contributed by atoms with van der Waals surface area (Å²) in [5.41, 5.74) is 5.46. The third kappa shape index (κ3) is 2.87. The predicted molar refractivity (Wildman–Crippen MR) is 61.9 cm³/mol. The molecule has 0 aromatic rings. The van der Waals surface area contributed by atoms with Crippen LogP contribution in [0, 0.1) is 0 Å². The predicted octanol–water partition coefficient (Wildman–Crippen LogP) is -3.14. The number of carbonyl (C=O) groups is 1. The zero-order chi connectivity index (χ0) is 12.1. The Hall–Kier alpha value is 0.244. The molecule has 1 amide bonds. The molecule has 0 aromatic heterocycles. The van der Waals surface area contributed by atoms with Crippen molar-refractivity contribution in [3.05, 3.63) is 22.3 Å². The van der Waals surface area contributed by atoms with Crippen molar-refractivity contribution >= 4 is 5.91 Å². The average Bonchev–Trinajstić information content (AvgIpc) is 2.95. The fraction of sp³-hybridized carbons (Fsp3) is 0.615. The quantitative estimate of drug-likeness (QED) is 0.535. The summed E-state index contributed by atoms with van der Waals surface area (Å²) in [7, 11) is 0. The van der Waals surface area contributed by atoms with Gasteiger partial charge in [0.2, 0.25) is 0 Å². The van der Waals surface area contributed by atoms with Gasteiger partial charge in [-0.3, -0.25) is 0 Å². The van der Waals surface area contributed by atoms with Gasteiger partial charge in [0.25, 0.3) is 0 Å². The van der Waals surface area contributed by atoms with Crippen LogP contribution >= 0.6 is 0 Å². The van der Waals surface area contributed by atoms with Gasteiger partial charge in [0.1, 0.15) is 0 Å². The Morgan fingerprint density at radius 3 is 2.17 bits per heavy atom. The van der Waals surface area contributed by atoms with Crippen molar-refractivity contribution < 1.29 is 48.8 Å². The van der Waals surface area contributed by atoms with Crippen molar-refractivity contribution in [3.63, 3.8) is 0 Å². The van der Waals surface area contributed by atoms with E-state index in [-0.39, 0.29) is 55.4 Å². The average molecular weight is 324 g/mol. The molecule has 100 valence electrons. The third-order valence-corrected chi connectivity index (χ3v) is 5.73. The van der Waals surface area contributed by atoms with Crippen LogP contribution in [0.4, 0.5) is 0 Å². The van der Waals surface area contributed by atoms with Gasteiger partial charge in [0.05, 0.1) is 0 Å². The summed E-state index contributed by atoms with van der Waals surface area (Å²) in [6.07, 6.45) is 0. The van der Waals surface area contributed by atoms with Crippen LogP contribution in [-0.2, 0) is 23.9 Å². The Morgan fingerprint density at radius 1 is 1.28 bits per heavy atom. The van der Waals surface area contributed by atoms with Crippen LogP contribution in [0.25, 0.3) is 0 Å². The Balaban J connectivity index is 0.00000144. The molecule has 0 saturated carbocycles. The van der Waals surface area contributed by atoms with Gasteiger partial charge >= 0.3 is 107 Å². The largest absolute Gasteiger partial charge is 1.00 e. The number of rotatable bonds is 2. The monoisotopic (exact) mass is 323 g/mol. The van der Waals surface area contributed by atoms with Crippen LogP contribution in [0.5, 0.6) is 0 Å². The first-order valence-corrected chi connectivity index (χ1v) is 7.80. The van der Waals surface area contributed by atoms with E-state index in [2.05, 4.69) is 33.0 Å². The summed E-state index contributed by atoms with van der Waals surface area (Å²) in [5, 5.41) is 3.17. The second kappa shape index (κ2) is 6.13. The molecule has 1 aliphatic heterocycles. The summed E-state index contributed by atoms with van der Waals surface area (Å²) in [5.74, 6) is 0.0718. The molecule has 1 fully saturated rings. The van der Waals surface area contributed by atoms with Crippen LogP contribution in [-0.4, -0.2) is 11.4 Å². The molecule has 0 radical (unpaired) electrons. The molecule has 2 unspecified atom stereocenters. The van der Waals surface area contributed by atoms with Crippen molar-refractivity contribution in [3.8, 4) is 0 Å². The minimum atomic E-state index is -0.190. The first-order chi connectivity index (χ1) is 7.38. The molecule has 0 bridgehead atoms. The van der Waals surface area contributed by atoms with Gasteiger partial charge in [-0.2, -0.15) is 0 Å². The van der Waals surface area contributed by atoms with Gasteiger partial charge in [-0.15, -0.1) is 0 Å². The Labute approximate surface area is 131 Å². The van der Waals surface area contributed by atoms with Gasteiger partial charge < -0.3 is 24.8 Å². The molecule has 2 nitrogen and oxygen atoms in total. The van der Waals surface area contributed by atoms with Crippen molar-refractivity contribution in [2.45, 2.75) is 49.1 Å². The summed E-state index contributed by atoms with van der Waals surface area (Å²) in [4.78, 5) is 11.4. The number of hydrogen-bond acceptors (Lipinski definition) is 1. The molecule has 1 N–H and O–H groups in total. The molecule has 2 atom stereocenters. The van der Waals surface area contributed by atoms with Crippen molar-refractivity contribution in [2.24, 2.45) is 0 Å². The number of carbonyl (C=O) groups excluding carboxylic acids is 1.